The molecule has 3 unspecified atom stereocenters. The van der Waals surface area contributed by atoms with Gasteiger partial charge in [0.25, 0.3) is 0 Å². The van der Waals surface area contributed by atoms with Crippen molar-refractivity contribution in [3.63, 3.8) is 0 Å². The lowest BCUT2D eigenvalue weighted by Crippen LogP contribution is -2.48. The highest BCUT2D eigenvalue weighted by Gasteiger charge is 2.25. The Morgan fingerprint density at radius 3 is 2.42 bits per heavy atom. The summed E-state index contributed by atoms with van der Waals surface area (Å²) < 4.78 is 0. The van der Waals surface area contributed by atoms with Gasteiger partial charge in [0.1, 0.15) is 0 Å². The highest BCUT2D eigenvalue weighted by Crippen LogP contribution is 2.14. The maximum atomic E-state index is 2.61. The molecule has 3 rings (SSSR count). The Hall–Kier alpha value is -0.0800. The summed E-state index contributed by atoms with van der Waals surface area (Å²) in [5.74, 6) is 0. The van der Waals surface area contributed by atoms with Crippen LogP contribution in [0.25, 0.3) is 0 Å². The predicted octanol–water partition coefficient (Wildman–Crippen LogP) is 1.42. The van der Waals surface area contributed by atoms with Gasteiger partial charge in [-0.25, -0.2) is 0 Å². The topological polar surface area (TPSA) is 6.48 Å². The standard InChI is InChI=1S/C8H16N2.C2H6/c1-8-7-9-3-2-4-10(8)6-5-9;1-2/h8H,2-7H2,1H3;1-2H3. The zero-order valence-corrected chi connectivity index (χ0v) is 8.71. The second-order valence-corrected chi connectivity index (χ2v) is 3.54. The first-order valence-corrected chi connectivity index (χ1v) is 5.32. The molecule has 2 nitrogen and oxygen atoms in total. The van der Waals surface area contributed by atoms with Crippen LogP contribution < -0.4 is 0 Å². The van der Waals surface area contributed by atoms with E-state index in [0.29, 0.717) is 0 Å². The maximum absolute atomic E-state index is 2.61. The molecule has 3 aliphatic heterocycles. The van der Waals surface area contributed by atoms with Crippen LogP contribution in [0.1, 0.15) is 27.2 Å². The molecule has 3 atom stereocenters. The summed E-state index contributed by atoms with van der Waals surface area (Å²) in [4.78, 5) is 5.21. The summed E-state index contributed by atoms with van der Waals surface area (Å²) in [6.45, 7) is 12.9. The minimum Gasteiger partial charge on any atom is -0.300 e. The highest BCUT2D eigenvalue weighted by molar-refractivity contribution is 4.82. The molecule has 72 valence electrons. The Bertz CT molecular complexity index is 121. The molecular weight excluding hydrogens is 148 g/mol. The summed E-state index contributed by atoms with van der Waals surface area (Å²) in [6.07, 6.45) is 1.38. The lowest BCUT2D eigenvalue weighted by atomic mass is 10.2. The Morgan fingerprint density at radius 1 is 1.00 bits per heavy atom. The van der Waals surface area contributed by atoms with Crippen molar-refractivity contribution < 1.29 is 0 Å². The van der Waals surface area contributed by atoms with Crippen molar-refractivity contribution in [2.75, 3.05) is 32.7 Å². The second kappa shape index (κ2) is 4.83. The highest BCUT2D eigenvalue weighted by atomic mass is 15.3. The molecule has 0 amide bonds. The Labute approximate surface area is 76.5 Å². The molecule has 0 aromatic carbocycles. The lowest BCUT2D eigenvalue weighted by Gasteiger charge is -2.35. The van der Waals surface area contributed by atoms with Crippen LogP contribution in [0, 0.1) is 0 Å². The Balaban J connectivity index is 0.000000336. The monoisotopic (exact) mass is 170 g/mol. The molecule has 0 saturated carbocycles. The fraction of sp³-hybridized carbons (Fsp3) is 1.00. The maximum Gasteiger partial charge on any atom is 0.0195 e. The van der Waals surface area contributed by atoms with Crippen molar-refractivity contribution in [1.82, 2.24) is 9.80 Å². The summed E-state index contributed by atoms with van der Waals surface area (Å²) >= 11 is 0. The summed E-state index contributed by atoms with van der Waals surface area (Å²) in [5.41, 5.74) is 0. The normalized spacial score (nSPS) is 39.8. The third-order valence-electron chi connectivity index (χ3n) is 2.77. The van der Waals surface area contributed by atoms with E-state index in [1.807, 2.05) is 13.8 Å². The number of rotatable bonds is 0. The molecular formula is C10H22N2. The van der Waals surface area contributed by atoms with Crippen molar-refractivity contribution in [3.05, 3.63) is 0 Å². The number of hydrogen-bond donors (Lipinski definition) is 0. The van der Waals surface area contributed by atoms with E-state index in [0.717, 1.165) is 6.04 Å². The van der Waals surface area contributed by atoms with Crippen LogP contribution in [0.15, 0.2) is 0 Å². The molecule has 12 heavy (non-hydrogen) atoms. The Morgan fingerprint density at radius 2 is 1.75 bits per heavy atom. The summed E-state index contributed by atoms with van der Waals surface area (Å²) in [6, 6.07) is 0.816. The molecule has 0 aromatic rings. The fourth-order valence-electron chi connectivity index (χ4n) is 2.10. The number of fused-ring (bicyclic) bond motifs is 4. The fourth-order valence-corrected chi connectivity index (χ4v) is 2.10. The van der Waals surface area contributed by atoms with Gasteiger partial charge in [0, 0.05) is 25.7 Å². The van der Waals surface area contributed by atoms with Gasteiger partial charge in [-0.3, -0.25) is 4.90 Å². The van der Waals surface area contributed by atoms with E-state index >= 15 is 0 Å². The third kappa shape index (κ3) is 2.20. The third-order valence-corrected chi connectivity index (χ3v) is 2.77. The average molecular weight is 170 g/mol. The largest absolute Gasteiger partial charge is 0.300 e. The minimum atomic E-state index is 0.816. The second-order valence-electron chi connectivity index (χ2n) is 3.54. The van der Waals surface area contributed by atoms with E-state index in [2.05, 4.69) is 16.7 Å². The van der Waals surface area contributed by atoms with E-state index < -0.39 is 0 Å². The number of nitrogens with zero attached hydrogens (tertiary/aromatic N) is 2. The Kier molecular flexibility index (Phi) is 4.02. The first-order valence-electron chi connectivity index (χ1n) is 5.32. The van der Waals surface area contributed by atoms with E-state index in [4.69, 9.17) is 0 Å². The van der Waals surface area contributed by atoms with Crippen molar-refractivity contribution in [3.8, 4) is 0 Å². The summed E-state index contributed by atoms with van der Waals surface area (Å²) in [5, 5.41) is 0. The molecule has 0 aromatic heterocycles. The molecule has 0 N–H and O–H groups in total. The zero-order valence-electron chi connectivity index (χ0n) is 8.71. The molecule has 3 saturated heterocycles. The molecule has 0 radical (unpaired) electrons. The van der Waals surface area contributed by atoms with Crippen LogP contribution in [0.3, 0.4) is 0 Å². The van der Waals surface area contributed by atoms with Gasteiger partial charge in [0.2, 0.25) is 0 Å². The molecule has 0 spiro atoms. The number of hydrogen-bond acceptors (Lipinski definition) is 2. The molecule has 3 fully saturated rings. The first-order chi connectivity index (χ1) is 5.86. The smallest absolute Gasteiger partial charge is 0.0195 e. The van der Waals surface area contributed by atoms with E-state index in [9.17, 15) is 0 Å². The van der Waals surface area contributed by atoms with E-state index in [1.54, 1.807) is 0 Å². The summed E-state index contributed by atoms with van der Waals surface area (Å²) in [7, 11) is 0. The predicted molar refractivity (Wildman–Crippen MR) is 53.4 cm³/mol. The van der Waals surface area contributed by atoms with E-state index in [-0.39, 0.29) is 0 Å². The SMILES string of the molecule is CC.CC1CN2CCCN1CC2. The average Bonchev–Trinajstić information content (AvgIpc) is 2.42. The first kappa shape index (κ1) is 10.0. The van der Waals surface area contributed by atoms with Gasteiger partial charge in [-0.2, -0.15) is 0 Å². The van der Waals surface area contributed by atoms with Crippen LogP contribution in [0.5, 0.6) is 0 Å². The van der Waals surface area contributed by atoms with Gasteiger partial charge in [-0.15, -0.1) is 0 Å². The zero-order chi connectivity index (χ0) is 8.97. The van der Waals surface area contributed by atoms with Crippen LogP contribution in [-0.2, 0) is 0 Å². The van der Waals surface area contributed by atoms with Crippen LogP contribution in [0.2, 0.25) is 0 Å². The molecule has 2 bridgehead atoms. The van der Waals surface area contributed by atoms with Gasteiger partial charge >= 0.3 is 0 Å². The van der Waals surface area contributed by atoms with Crippen molar-refractivity contribution in [1.29, 1.82) is 0 Å². The van der Waals surface area contributed by atoms with Gasteiger partial charge in [0.05, 0.1) is 0 Å². The number of piperazine rings is 1. The van der Waals surface area contributed by atoms with Crippen LogP contribution in [-0.4, -0.2) is 48.6 Å². The van der Waals surface area contributed by atoms with Gasteiger partial charge in [-0.05, 0) is 26.4 Å². The quantitative estimate of drug-likeness (QED) is 0.542. The van der Waals surface area contributed by atoms with Gasteiger partial charge in [-0.1, -0.05) is 13.8 Å². The van der Waals surface area contributed by atoms with Gasteiger partial charge < -0.3 is 4.90 Å². The minimum absolute atomic E-state index is 0.816. The van der Waals surface area contributed by atoms with Crippen molar-refractivity contribution >= 4 is 0 Å². The molecule has 3 aliphatic rings. The van der Waals surface area contributed by atoms with Gasteiger partial charge in [0.15, 0.2) is 0 Å². The van der Waals surface area contributed by atoms with Crippen molar-refractivity contribution in [2.24, 2.45) is 0 Å². The molecule has 0 aliphatic carbocycles. The molecule has 3 heterocycles. The van der Waals surface area contributed by atoms with Crippen LogP contribution in [0.4, 0.5) is 0 Å². The van der Waals surface area contributed by atoms with Crippen LogP contribution >= 0.6 is 0 Å². The van der Waals surface area contributed by atoms with Crippen molar-refractivity contribution in [2.45, 2.75) is 33.2 Å². The lowest BCUT2D eigenvalue weighted by molar-refractivity contribution is 0.125. The van der Waals surface area contributed by atoms with E-state index in [1.165, 1.54) is 39.1 Å². The molecule has 2 heteroatoms.